The summed E-state index contributed by atoms with van der Waals surface area (Å²) >= 11 is 6.22. The van der Waals surface area contributed by atoms with Crippen molar-refractivity contribution in [2.24, 2.45) is 0 Å². The standard InChI is InChI=1S/C18H22ClN7O2/c1-10-8-12(4-7-27-10)26-11(2)14-17(24-26)28-6-3-5-25-16-13(15(19)23-25)9-20-18(21-14)22-16/h9-10,12H,3-8H2,1-2H3,(H,20,21,22)/t10-,12+/m0/s1. The van der Waals surface area contributed by atoms with Gasteiger partial charge in [-0.25, -0.2) is 9.67 Å². The minimum atomic E-state index is 0.226. The molecule has 3 aromatic heterocycles. The van der Waals surface area contributed by atoms with Crippen LogP contribution in [0.15, 0.2) is 6.20 Å². The molecule has 5 heterocycles. The van der Waals surface area contributed by atoms with Crippen LogP contribution < -0.4 is 10.1 Å². The minimum absolute atomic E-state index is 0.226. The molecule has 0 spiro atoms. The Morgan fingerprint density at radius 2 is 2.18 bits per heavy atom. The first kappa shape index (κ1) is 17.7. The van der Waals surface area contributed by atoms with Crippen molar-refractivity contribution in [3.8, 4) is 5.88 Å². The maximum absolute atomic E-state index is 6.22. The van der Waals surface area contributed by atoms with Crippen LogP contribution in [0.1, 0.15) is 37.9 Å². The van der Waals surface area contributed by atoms with Crippen molar-refractivity contribution in [1.29, 1.82) is 0 Å². The molecule has 2 aliphatic heterocycles. The molecular formula is C18H22ClN7O2. The first-order valence-corrected chi connectivity index (χ1v) is 9.97. The van der Waals surface area contributed by atoms with Gasteiger partial charge in [0, 0.05) is 25.8 Å². The summed E-state index contributed by atoms with van der Waals surface area (Å²) < 4.78 is 15.6. The monoisotopic (exact) mass is 403 g/mol. The van der Waals surface area contributed by atoms with Crippen LogP contribution in [0.2, 0.25) is 5.15 Å². The lowest BCUT2D eigenvalue weighted by atomic mass is 10.0. The molecule has 0 aliphatic carbocycles. The Bertz CT molecular complexity index is 1030. The molecule has 0 saturated carbocycles. The zero-order valence-electron chi connectivity index (χ0n) is 15.9. The van der Waals surface area contributed by atoms with Crippen molar-refractivity contribution in [2.45, 2.75) is 51.8 Å². The number of halogens is 1. The summed E-state index contributed by atoms with van der Waals surface area (Å²) in [6.45, 7) is 6.07. The zero-order chi connectivity index (χ0) is 19.3. The molecule has 1 saturated heterocycles. The van der Waals surface area contributed by atoms with Crippen molar-refractivity contribution in [3.63, 3.8) is 0 Å². The summed E-state index contributed by atoms with van der Waals surface area (Å²) in [5.74, 6) is 1.05. The van der Waals surface area contributed by atoms with Crippen molar-refractivity contribution in [2.75, 3.05) is 18.5 Å². The number of nitrogens with zero attached hydrogens (tertiary/aromatic N) is 6. The van der Waals surface area contributed by atoms with Gasteiger partial charge in [-0.15, -0.1) is 5.10 Å². The number of hydrogen-bond acceptors (Lipinski definition) is 7. The Balaban J connectivity index is 1.56. The number of ether oxygens (including phenoxy) is 2. The average molecular weight is 404 g/mol. The van der Waals surface area contributed by atoms with Crippen LogP contribution in [-0.2, 0) is 11.3 Å². The SMILES string of the molecule is Cc1c2c(nn1[C@@H]1CCO[C@@H](C)C1)OCCCn1nc(Cl)c3cnc(nc31)N2. The van der Waals surface area contributed by atoms with Crippen molar-refractivity contribution in [3.05, 3.63) is 17.0 Å². The van der Waals surface area contributed by atoms with E-state index in [9.17, 15) is 0 Å². The Morgan fingerprint density at radius 1 is 1.29 bits per heavy atom. The van der Waals surface area contributed by atoms with Crippen molar-refractivity contribution < 1.29 is 9.47 Å². The molecule has 0 unspecified atom stereocenters. The van der Waals surface area contributed by atoms with Gasteiger partial charge >= 0.3 is 0 Å². The summed E-state index contributed by atoms with van der Waals surface area (Å²) in [6.07, 6.45) is 4.57. The first-order chi connectivity index (χ1) is 13.6. The largest absolute Gasteiger partial charge is 0.475 e. The number of anilines is 2. The van der Waals surface area contributed by atoms with Gasteiger partial charge in [-0.3, -0.25) is 4.68 Å². The van der Waals surface area contributed by atoms with Crippen molar-refractivity contribution in [1.82, 2.24) is 29.5 Å². The van der Waals surface area contributed by atoms with Crippen LogP contribution in [0.3, 0.4) is 0 Å². The number of rotatable bonds is 1. The molecule has 3 aromatic rings. The lowest BCUT2D eigenvalue weighted by Gasteiger charge is -2.28. The second kappa shape index (κ2) is 6.89. The molecule has 9 nitrogen and oxygen atoms in total. The van der Waals surface area contributed by atoms with Gasteiger partial charge in [0.1, 0.15) is 5.69 Å². The van der Waals surface area contributed by atoms with Crippen LogP contribution in [-0.4, -0.2) is 48.8 Å². The molecule has 1 N–H and O–H groups in total. The first-order valence-electron chi connectivity index (χ1n) is 9.59. The molecule has 10 heteroatoms. The number of nitrogens with one attached hydrogen (secondary N) is 1. The predicted octanol–water partition coefficient (Wildman–Crippen LogP) is 3.25. The van der Waals surface area contributed by atoms with Gasteiger partial charge in [0.05, 0.1) is 29.8 Å². The van der Waals surface area contributed by atoms with E-state index in [1.807, 2.05) is 6.92 Å². The molecule has 2 aliphatic rings. The zero-order valence-corrected chi connectivity index (χ0v) is 16.6. The molecule has 148 valence electrons. The van der Waals surface area contributed by atoms with E-state index in [1.54, 1.807) is 10.9 Å². The fraction of sp³-hybridized carbons (Fsp3) is 0.556. The summed E-state index contributed by atoms with van der Waals surface area (Å²) in [7, 11) is 0. The highest BCUT2D eigenvalue weighted by Gasteiger charge is 2.27. The highest BCUT2D eigenvalue weighted by atomic mass is 35.5. The van der Waals surface area contributed by atoms with Gasteiger partial charge in [0.25, 0.3) is 5.88 Å². The van der Waals surface area contributed by atoms with E-state index in [4.69, 9.17) is 26.2 Å². The number of fused-ring (bicyclic) bond motifs is 2. The Kier molecular flexibility index (Phi) is 4.36. The lowest BCUT2D eigenvalue weighted by Crippen LogP contribution is -2.26. The Labute approximate surface area is 167 Å². The molecule has 5 rings (SSSR count). The summed E-state index contributed by atoms with van der Waals surface area (Å²) in [4.78, 5) is 9.04. The summed E-state index contributed by atoms with van der Waals surface area (Å²) in [5, 5.41) is 13.6. The van der Waals surface area contributed by atoms with E-state index < -0.39 is 0 Å². The van der Waals surface area contributed by atoms with Gasteiger partial charge in [0.15, 0.2) is 10.8 Å². The minimum Gasteiger partial charge on any atom is -0.475 e. The fourth-order valence-electron chi connectivity index (χ4n) is 3.92. The smallest absolute Gasteiger partial charge is 0.257 e. The van der Waals surface area contributed by atoms with E-state index in [1.165, 1.54) is 0 Å². The molecule has 1 fully saturated rings. The maximum Gasteiger partial charge on any atom is 0.257 e. The molecular weight excluding hydrogens is 382 g/mol. The van der Waals surface area contributed by atoms with Crippen LogP contribution in [0.4, 0.5) is 11.6 Å². The lowest BCUT2D eigenvalue weighted by molar-refractivity contribution is 0.00288. The number of aryl methyl sites for hydroxylation is 1. The second-order valence-electron chi connectivity index (χ2n) is 7.34. The molecule has 0 aromatic carbocycles. The average Bonchev–Trinajstić information content (AvgIpc) is 3.16. The molecule has 2 bridgehead atoms. The molecule has 28 heavy (non-hydrogen) atoms. The van der Waals surface area contributed by atoms with Crippen molar-refractivity contribution >= 4 is 34.3 Å². The third-order valence-electron chi connectivity index (χ3n) is 5.35. The van der Waals surface area contributed by atoms with Crippen LogP contribution in [0.5, 0.6) is 5.88 Å². The quantitative estimate of drug-likeness (QED) is 0.666. The third-order valence-corrected chi connectivity index (χ3v) is 5.63. The van der Waals surface area contributed by atoms with Gasteiger partial charge in [-0.05, 0) is 26.7 Å². The van der Waals surface area contributed by atoms with E-state index >= 15 is 0 Å². The molecule has 2 atom stereocenters. The summed E-state index contributed by atoms with van der Waals surface area (Å²) in [5.41, 5.74) is 2.52. The van der Waals surface area contributed by atoms with Crippen LogP contribution in [0.25, 0.3) is 11.0 Å². The summed E-state index contributed by atoms with van der Waals surface area (Å²) in [6, 6.07) is 0.290. The van der Waals surface area contributed by atoms with Gasteiger partial charge in [-0.2, -0.15) is 10.1 Å². The van der Waals surface area contributed by atoms with Gasteiger partial charge in [-0.1, -0.05) is 11.6 Å². The predicted molar refractivity (Wildman–Crippen MR) is 104 cm³/mol. The van der Waals surface area contributed by atoms with Gasteiger partial charge < -0.3 is 14.8 Å². The third kappa shape index (κ3) is 2.98. The van der Waals surface area contributed by atoms with E-state index in [0.717, 1.165) is 42.6 Å². The highest BCUT2D eigenvalue weighted by molar-refractivity contribution is 6.34. The van der Waals surface area contributed by atoms with E-state index in [0.29, 0.717) is 35.8 Å². The van der Waals surface area contributed by atoms with Crippen LogP contribution >= 0.6 is 11.6 Å². The maximum atomic E-state index is 6.22. The fourth-order valence-corrected chi connectivity index (χ4v) is 4.15. The number of hydrogen-bond donors (Lipinski definition) is 1. The normalized spacial score (nSPS) is 22.4. The Morgan fingerprint density at radius 3 is 3.04 bits per heavy atom. The molecule has 0 radical (unpaired) electrons. The second-order valence-corrected chi connectivity index (χ2v) is 7.70. The molecule has 0 amide bonds. The highest BCUT2D eigenvalue weighted by Crippen LogP contribution is 2.35. The van der Waals surface area contributed by atoms with Crippen LogP contribution in [0, 0.1) is 6.92 Å². The van der Waals surface area contributed by atoms with Gasteiger partial charge in [0.2, 0.25) is 5.95 Å². The van der Waals surface area contributed by atoms with E-state index in [2.05, 4.69) is 32.0 Å². The Hall–Kier alpha value is -2.39. The van der Waals surface area contributed by atoms with E-state index in [-0.39, 0.29) is 12.1 Å². The topological polar surface area (TPSA) is 91.9 Å². The number of aromatic nitrogens is 6.